The van der Waals surface area contributed by atoms with Crippen molar-refractivity contribution in [2.24, 2.45) is 0 Å². The second-order valence-corrected chi connectivity index (χ2v) is 7.13. The van der Waals surface area contributed by atoms with Gasteiger partial charge in [0.05, 0.1) is 12.6 Å². The lowest BCUT2D eigenvalue weighted by atomic mass is 9.73. The standard InChI is InChI=1S/C22H23NO3.CH3F/c1-16-6-2-5-9-19(16)26-15-21(25)23-12-10-22(11-13-23)18-8-4-3-7-17(18)14-20(22)24;1-2/h2-9,14,24H,10-13,15H2,1H3;1H3. The zero-order chi connectivity index (χ0) is 20.1. The molecule has 2 aliphatic rings. The molecule has 1 saturated heterocycles. The van der Waals surface area contributed by atoms with Crippen LogP contribution in [0.2, 0.25) is 0 Å². The number of fused-ring (bicyclic) bond motifs is 2. The lowest BCUT2D eigenvalue weighted by Gasteiger charge is -2.40. The van der Waals surface area contributed by atoms with Gasteiger partial charge in [-0.15, -0.1) is 0 Å². The Bertz CT molecular complexity index is 870. The van der Waals surface area contributed by atoms with Gasteiger partial charge in [-0.3, -0.25) is 9.18 Å². The van der Waals surface area contributed by atoms with E-state index in [1.807, 2.05) is 60.4 Å². The Morgan fingerprint density at radius 2 is 1.75 bits per heavy atom. The minimum atomic E-state index is -0.329. The molecule has 0 radical (unpaired) electrons. The Morgan fingerprint density at radius 1 is 1.11 bits per heavy atom. The van der Waals surface area contributed by atoms with Crippen molar-refractivity contribution < 1.29 is 19.0 Å². The maximum Gasteiger partial charge on any atom is 0.260 e. The van der Waals surface area contributed by atoms with Gasteiger partial charge < -0.3 is 14.7 Å². The number of piperidine rings is 1. The summed E-state index contributed by atoms with van der Waals surface area (Å²) in [5.41, 5.74) is 2.97. The number of alkyl halides is 1. The highest BCUT2D eigenvalue weighted by atomic mass is 19.1. The van der Waals surface area contributed by atoms with Gasteiger partial charge in [-0.25, -0.2) is 0 Å². The van der Waals surface area contributed by atoms with Crippen LogP contribution in [0.4, 0.5) is 4.39 Å². The Labute approximate surface area is 165 Å². The number of halogens is 1. The van der Waals surface area contributed by atoms with Crippen LogP contribution in [0.1, 0.15) is 29.5 Å². The van der Waals surface area contributed by atoms with Crippen molar-refractivity contribution in [3.8, 4) is 5.75 Å². The third-order valence-electron chi connectivity index (χ3n) is 5.67. The van der Waals surface area contributed by atoms with E-state index in [2.05, 4.69) is 6.07 Å². The first kappa shape index (κ1) is 19.9. The van der Waals surface area contributed by atoms with Crippen molar-refractivity contribution in [2.75, 3.05) is 26.9 Å². The summed E-state index contributed by atoms with van der Waals surface area (Å²) in [5, 5.41) is 10.6. The van der Waals surface area contributed by atoms with Gasteiger partial charge in [0.2, 0.25) is 0 Å². The summed E-state index contributed by atoms with van der Waals surface area (Å²) in [6, 6.07) is 15.8. The highest BCUT2D eigenvalue weighted by Gasteiger charge is 2.44. The summed E-state index contributed by atoms with van der Waals surface area (Å²) in [6.45, 7) is 3.28. The van der Waals surface area contributed by atoms with E-state index in [4.69, 9.17) is 4.74 Å². The molecule has 1 fully saturated rings. The van der Waals surface area contributed by atoms with Crippen molar-refractivity contribution in [1.82, 2.24) is 4.90 Å². The molecular formula is C23H26FNO3. The maximum absolute atomic E-state index is 12.5. The molecule has 1 spiro atoms. The van der Waals surface area contributed by atoms with Crippen LogP contribution in [-0.2, 0) is 10.2 Å². The predicted molar refractivity (Wildman–Crippen MR) is 108 cm³/mol. The lowest BCUT2D eigenvalue weighted by Crippen LogP contribution is -2.46. The molecule has 0 aromatic heterocycles. The first-order valence-corrected chi connectivity index (χ1v) is 9.45. The topological polar surface area (TPSA) is 49.8 Å². The molecule has 1 amide bonds. The third-order valence-corrected chi connectivity index (χ3v) is 5.67. The molecule has 1 N–H and O–H groups in total. The molecule has 0 unspecified atom stereocenters. The van der Waals surface area contributed by atoms with E-state index in [1.54, 1.807) is 0 Å². The number of allylic oxidation sites excluding steroid dienone is 1. The van der Waals surface area contributed by atoms with Gasteiger partial charge in [-0.1, -0.05) is 42.5 Å². The molecule has 1 aliphatic carbocycles. The number of aliphatic hydroxyl groups excluding tert-OH is 1. The van der Waals surface area contributed by atoms with E-state index in [0.29, 0.717) is 26.0 Å². The number of aliphatic hydroxyl groups is 1. The van der Waals surface area contributed by atoms with Crippen LogP contribution in [0, 0.1) is 6.92 Å². The molecule has 148 valence electrons. The Balaban J connectivity index is 0.00000109. The quantitative estimate of drug-likeness (QED) is 0.853. The van der Waals surface area contributed by atoms with Gasteiger partial charge in [0.15, 0.2) is 6.61 Å². The van der Waals surface area contributed by atoms with Crippen LogP contribution in [0.5, 0.6) is 5.75 Å². The van der Waals surface area contributed by atoms with Crippen molar-refractivity contribution in [1.29, 1.82) is 0 Å². The fourth-order valence-electron chi connectivity index (χ4n) is 4.09. The van der Waals surface area contributed by atoms with Gasteiger partial charge in [0, 0.05) is 13.1 Å². The van der Waals surface area contributed by atoms with Crippen LogP contribution in [-0.4, -0.2) is 42.8 Å². The van der Waals surface area contributed by atoms with Gasteiger partial charge in [-0.05, 0) is 48.6 Å². The molecule has 4 rings (SSSR count). The number of ether oxygens (including phenoxy) is 1. The molecule has 0 bridgehead atoms. The normalized spacial score (nSPS) is 16.7. The average Bonchev–Trinajstić information content (AvgIpc) is 3.01. The molecule has 2 aromatic carbocycles. The largest absolute Gasteiger partial charge is 0.511 e. The fourth-order valence-corrected chi connectivity index (χ4v) is 4.09. The number of aryl methyl sites for hydroxylation is 1. The second-order valence-electron chi connectivity index (χ2n) is 7.13. The minimum Gasteiger partial charge on any atom is -0.511 e. The molecule has 28 heavy (non-hydrogen) atoms. The number of hydrogen-bond donors (Lipinski definition) is 1. The zero-order valence-corrected chi connectivity index (χ0v) is 16.3. The predicted octanol–water partition coefficient (Wildman–Crippen LogP) is 4.43. The number of likely N-dealkylation sites (tertiary alicyclic amines) is 1. The maximum atomic E-state index is 12.5. The second kappa shape index (κ2) is 8.46. The zero-order valence-electron chi connectivity index (χ0n) is 16.3. The summed E-state index contributed by atoms with van der Waals surface area (Å²) >= 11 is 0. The summed E-state index contributed by atoms with van der Waals surface area (Å²) in [5.74, 6) is 1.18. The van der Waals surface area contributed by atoms with E-state index < -0.39 is 0 Å². The van der Waals surface area contributed by atoms with Crippen molar-refractivity contribution >= 4 is 12.0 Å². The van der Waals surface area contributed by atoms with E-state index in [1.165, 1.54) is 5.56 Å². The Morgan fingerprint density at radius 3 is 2.46 bits per heavy atom. The van der Waals surface area contributed by atoms with Crippen LogP contribution >= 0.6 is 0 Å². The monoisotopic (exact) mass is 383 g/mol. The molecule has 2 aromatic rings. The summed E-state index contributed by atoms with van der Waals surface area (Å²) < 4.78 is 15.2. The minimum absolute atomic E-state index is 0.00199. The van der Waals surface area contributed by atoms with Crippen molar-refractivity contribution in [3.05, 3.63) is 71.0 Å². The van der Waals surface area contributed by atoms with Crippen LogP contribution in [0.15, 0.2) is 54.3 Å². The smallest absolute Gasteiger partial charge is 0.260 e. The van der Waals surface area contributed by atoms with E-state index in [9.17, 15) is 14.3 Å². The molecule has 4 nitrogen and oxygen atoms in total. The first-order chi connectivity index (χ1) is 13.6. The highest BCUT2D eigenvalue weighted by molar-refractivity contribution is 5.78. The number of benzene rings is 2. The summed E-state index contributed by atoms with van der Waals surface area (Å²) in [4.78, 5) is 14.4. The average molecular weight is 383 g/mol. The van der Waals surface area contributed by atoms with E-state index in [-0.39, 0.29) is 17.9 Å². The van der Waals surface area contributed by atoms with Crippen molar-refractivity contribution in [3.63, 3.8) is 0 Å². The van der Waals surface area contributed by atoms with E-state index in [0.717, 1.165) is 29.7 Å². The number of carbonyl (C=O) groups is 1. The molecule has 1 aliphatic heterocycles. The van der Waals surface area contributed by atoms with E-state index >= 15 is 0 Å². The lowest BCUT2D eigenvalue weighted by molar-refractivity contribution is -0.135. The van der Waals surface area contributed by atoms with Crippen LogP contribution in [0.3, 0.4) is 0 Å². The fraction of sp³-hybridized carbons (Fsp3) is 0.348. The van der Waals surface area contributed by atoms with Gasteiger partial charge in [-0.2, -0.15) is 0 Å². The highest BCUT2D eigenvalue weighted by Crippen LogP contribution is 2.47. The molecular weight excluding hydrogens is 357 g/mol. The SMILES string of the molecule is CF.Cc1ccccc1OCC(=O)N1CCC2(CC1)C(O)=Cc1ccccc12. The molecule has 0 saturated carbocycles. The number of carbonyl (C=O) groups excluding carboxylic acids is 1. The van der Waals surface area contributed by atoms with Gasteiger partial charge >= 0.3 is 0 Å². The van der Waals surface area contributed by atoms with Crippen molar-refractivity contribution in [2.45, 2.75) is 25.2 Å². The van der Waals surface area contributed by atoms with Crippen LogP contribution < -0.4 is 4.74 Å². The number of amides is 1. The Kier molecular flexibility index (Phi) is 6.02. The number of hydrogen-bond acceptors (Lipinski definition) is 3. The first-order valence-electron chi connectivity index (χ1n) is 9.45. The number of para-hydroxylation sites is 1. The summed E-state index contributed by atoms with van der Waals surface area (Å²) in [6.07, 6.45) is 3.35. The number of nitrogens with zero attached hydrogens (tertiary/aromatic N) is 1. The van der Waals surface area contributed by atoms with Gasteiger partial charge in [0.1, 0.15) is 11.5 Å². The number of rotatable bonds is 3. The van der Waals surface area contributed by atoms with Crippen LogP contribution in [0.25, 0.3) is 6.08 Å². The van der Waals surface area contributed by atoms with Gasteiger partial charge in [0.25, 0.3) is 5.91 Å². The molecule has 5 heteroatoms. The Hall–Kier alpha value is -2.82. The third kappa shape index (κ3) is 3.61. The summed E-state index contributed by atoms with van der Waals surface area (Å²) in [7, 11) is 0.500. The molecule has 1 heterocycles. The molecule has 0 atom stereocenters.